The first-order valence-corrected chi connectivity index (χ1v) is 8.01. The number of rotatable bonds is 6. The maximum atomic E-state index is 5.89. The molecule has 0 heterocycles. The zero-order valence-electron chi connectivity index (χ0n) is 12.6. The summed E-state index contributed by atoms with van der Waals surface area (Å²) in [5.74, 6) is 1.79. The molecule has 0 N–H and O–H groups in total. The van der Waals surface area contributed by atoms with Crippen molar-refractivity contribution in [3.05, 3.63) is 88.9 Å². The van der Waals surface area contributed by atoms with E-state index >= 15 is 0 Å². The van der Waals surface area contributed by atoms with Gasteiger partial charge in [-0.3, -0.25) is 0 Å². The van der Waals surface area contributed by atoms with Gasteiger partial charge in [0.2, 0.25) is 0 Å². The van der Waals surface area contributed by atoms with Gasteiger partial charge in [0.25, 0.3) is 0 Å². The Kier molecular flexibility index (Phi) is 5.47. The van der Waals surface area contributed by atoms with Gasteiger partial charge in [0.1, 0.15) is 17.2 Å². The predicted molar refractivity (Wildman–Crippen MR) is 95.0 cm³/mol. The minimum Gasteiger partial charge on any atom is -0.423 e. The molecule has 0 unspecified atom stereocenters. The highest BCUT2D eigenvalue weighted by atomic mass is 35.5. The Hall–Kier alpha value is -2.36. The lowest BCUT2D eigenvalue weighted by molar-refractivity contribution is -0.140. The van der Waals surface area contributed by atoms with Crippen molar-refractivity contribution in [2.24, 2.45) is 0 Å². The van der Waals surface area contributed by atoms with Crippen LogP contribution in [-0.4, -0.2) is 6.48 Å². The van der Waals surface area contributed by atoms with Crippen LogP contribution in [0.3, 0.4) is 0 Å². The molecular weight excluding hydrogens is 347 g/mol. The van der Waals surface area contributed by atoms with Crippen LogP contribution in [0.4, 0.5) is 0 Å². The molecule has 3 aromatic rings. The van der Waals surface area contributed by atoms with Crippen LogP contribution in [0.25, 0.3) is 0 Å². The van der Waals surface area contributed by atoms with Crippen molar-refractivity contribution in [1.29, 1.82) is 0 Å². The van der Waals surface area contributed by atoms with Crippen LogP contribution in [0.2, 0.25) is 10.0 Å². The quantitative estimate of drug-likeness (QED) is 0.518. The molecule has 0 aliphatic rings. The van der Waals surface area contributed by atoms with Crippen molar-refractivity contribution in [2.45, 2.75) is 6.48 Å². The van der Waals surface area contributed by atoms with E-state index in [2.05, 4.69) is 0 Å². The smallest absolute Gasteiger partial charge is 0.406 e. The predicted octanol–water partition coefficient (Wildman–Crippen LogP) is 5.81. The first-order valence-electron chi connectivity index (χ1n) is 7.25. The van der Waals surface area contributed by atoms with Crippen LogP contribution >= 0.6 is 23.2 Å². The van der Waals surface area contributed by atoms with Gasteiger partial charge in [0.15, 0.2) is 0 Å². The van der Waals surface area contributed by atoms with E-state index in [0.717, 1.165) is 0 Å². The van der Waals surface area contributed by atoms with Crippen LogP contribution in [0.5, 0.6) is 17.2 Å². The summed E-state index contributed by atoms with van der Waals surface area (Å²) in [4.78, 5) is 0. The molecule has 0 saturated heterocycles. The zero-order chi connectivity index (χ0) is 16.8. The van der Waals surface area contributed by atoms with E-state index in [1.54, 1.807) is 48.5 Å². The Morgan fingerprint density at radius 2 is 0.875 bits per heavy atom. The summed E-state index contributed by atoms with van der Waals surface area (Å²) < 4.78 is 17.3. The summed E-state index contributed by atoms with van der Waals surface area (Å²) in [7, 11) is 0. The van der Waals surface area contributed by atoms with E-state index in [9.17, 15) is 0 Å². The summed E-state index contributed by atoms with van der Waals surface area (Å²) in [6.07, 6.45) is 0. The van der Waals surface area contributed by atoms with Gasteiger partial charge in [-0.05, 0) is 60.7 Å². The number of halogens is 2. The van der Waals surface area contributed by atoms with Crippen molar-refractivity contribution >= 4 is 23.2 Å². The molecule has 0 fully saturated rings. The second kappa shape index (κ2) is 7.95. The second-order valence-corrected chi connectivity index (χ2v) is 5.74. The second-order valence-electron chi connectivity index (χ2n) is 4.86. The summed E-state index contributed by atoms with van der Waals surface area (Å²) in [5, 5.41) is 1.25. The van der Waals surface area contributed by atoms with Gasteiger partial charge in [0.05, 0.1) is 0 Å². The minimum absolute atomic E-state index is 0.578. The van der Waals surface area contributed by atoms with Gasteiger partial charge in [-0.2, -0.15) is 0 Å². The van der Waals surface area contributed by atoms with Gasteiger partial charge < -0.3 is 14.2 Å². The molecule has 0 bridgehead atoms. The number of ether oxygens (including phenoxy) is 3. The number of para-hydroxylation sites is 1. The Morgan fingerprint density at radius 3 is 1.29 bits per heavy atom. The third kappa shape index (κ3) is 4.82. The molecule has 0 aliphatic carbocycles. The number of hydrogen-bond donors (Lipinski definition) is 0. The summed E-state index contributed by atoms with van der Waals surface area (Å²) in [5.41, 5.74) is 0. The number of hydrogen-bond acceptors (Lipinski definition) is 3. The van der Waals surface area contributed by atoms with Crippen LogP contribution in [0.15, 0.2) is 78.9 Å². The Bertz CT molecular complexity index is 711. The van der Waals surface area contributed by atoms with Gasteiger partial charge in [-0.25, -0.2) is 0 Å². The fraction of sp³-hybridized carbons (Fsp3) is 0.0526. The molecule has 0 radical (unpaired) electrons. The molecule has 0 atom stereocenters. The molecular formula is C19H14Cl2O3. The van der Waals surface area contributed by atoms with E-state index < -0.39 is 6.48 Å². The normalized spacial score (nSPS) is 10.5. The van der Waals surface area contributed by atoms with Gasteiger partial charge >= 0.3 is 6.48 Å². The first-order chi connectivity index (χ1) is 11.7. The fourth-order valence-electron chi connectivity index (χ4n) is 1.93. The lowest BCUT2D eigenvalue weighted by Gasteiger charge is -2.21. The highest BCUT2D eigenvalue weighted by molar-refractivity contribution is 6.30. The maximum absolute atomic E-state index is 5.89. The lowest BCUT2D eigenvalue weighted by Crippen LogP contribution is -2.30. The minimum atomic E-state index is -0.963. The van der Waals surface area contributed by atoms with Gasteiger partial charge in [0, 0.05) is 10.0 Å². The molecule has 0 spiro atoms. The summed E-state index contributed by atoms with van der Waals surface area (Å²) in [6, 6.07) is 23.2. The SMILES string of the molecule is Clc1ccc(OC(Oc2ccccc2)Oc2ccc(Cl)cc2)cc1. The van der Waals surface area contributed by atoms with E-state index in [0.29, 0.717) is 27.3 Å². The van der Waals surface area contributed by atoms with Crippen molar-refractivity contribution in [3.63, 3.8) is 0 Å². The average Bonchev–Trinajstić information content (AvgIpc) is 2.60. The van der Waals surface area contributed by atoms with E-state index in [4.69, 9.17) is 37.4 Å². The Labute approximate surface area is 150 Å². The van der Waals surface area contributed by atoms with E-state index in [-0.39, 0.29) is 0 Å². The lowest BCUT2D eigenvalue weighted by atomic mass is 10.3. The van der Waals surface area contributed by atoms with Crippen LogP contribution in [-0.2, 0) is 0 Å². The summed E-state index contributed by atoms with van der Waals surface area (Å²) >= 11 is 11.8. The van der Waals surface area contributed by atoms with Crippen molar-refractivity contribution in [3.8, 4) is 17.2 Å². The Morgan fingerprint density at radius 1 is 0.500 bits per heavy atom. The van der Waals surface area contributed by atoms with Crippen molar-refractivity contribution < 1.29 is 14.2 Å². The zero-order valence-corrected chi connectivity index (χ0v) is 14.1. The highest BCUT2D eigenvalue weighted by Gasteiger charge is 2.15. The highest BCUT2D eigenvalue weighted by Crippen LogP contribution is 2.22. The van der Waals surface area contributed by atoms with E-state index in [1.807, 2.05) is 30.3 Å². The fourth-order valence-corrected chi connectivity index (χ4v) is 2.18. The molecule has 0 saturated carbocycles. The molecule has 3 aromatic carbocycles. The molecule has 122 valence electrons. The third-order valence-corrected chi connectivity index (χ3v) is 3.57. The molecule has 0 aliphatic heterocycles. The third-order valence-electron chi connectivity index (χ3n) is 3.07. The van der Waals surface area contributed by atoms with Gasteiger partial charge in [-0.1, -0.05) is 41.4 Å². The topological polar surface area (TPSA) is 27.7 Å². The van der Waals surface area contributed by atoms with Crippen molar-refractivity contribution in [1.82, 2.24) is 0 Å². The molecule has 0 amide bonds. The molecule has 3 nitrogen and oxygen atoms in total. The first kappa shape index (κ1) is 16.5. The largest absolute Gasteiger partial charge is 0.423 e. The van der Waals surface area contributed by atoms with Crippen LogP contribution in [0, 0.1) is 0 Å². The van der Waals surface area contributed by atoms with Crippen LogP contribution in [0.1, 0.15) is 0 Å². The molecule has 3 rings (SSSR count). The van der Waals surface area contributed by atoms with E-state index in [1.165, 1.54) is 0 Å². The summed E-state index contributed by atoms with van der Waals surface area (Å²) in [6.45, 7) is -0.963. The standard InChI is InChI=1S/C19H14Cl2O3/c20-14-6-10-17(11-7-14)23-19(22-16-4-2-1-3-5-16)24-18-12-8-15(21)9-13-18/h1-13,19H. The Balaban J connectivity index is 1.76. The van der Waals surface area contributed by atoms with Crippen LogP contribution < -0.4 is 14.2 Å². The number of benzene rings is 3. The molecule has 0 aromatic heterocycles. The molecule has 24 heavy (non-hydrogen) atoms. The monoisotopic (exact) mass is 360 g/mol. The van der Waals surface area contributed by atoms with Crippen molar-refractivity contribution in [2.75, 3.05) is 0 Å². The average molecular weight is 361 g/mol. The van der Waals surface area contributed by atoms with Gasteiger partial charge in [-0.15, -0.1) is 0 Å². The maximum Gasteiger partial charge on any atom is 0.406 e. The molecule has 5 heteroatoms.